The van der Waals surface area contributed by atoms with Crippen LogP contribution in [-0.2, 0) is 4.84 Å². The highest BCUT2D eigenvalue weighted by Gasteiger charge is 2.31. The molecule has 152 valence electrons. The minimum atomic E-state index is 0.474. The van der Waals surface area contributed by atoms with Crippen LogP contribution in [0, 0.1) is 0 Å². The number of hydroxylamine groups is 3. The highest BCUT2D eigenvalue weighted by atomic mass is 16.7. The summed E-state index contributed by atoms with van der Waals surface area (Å²) >= 11 is 0. The van der Waals surface area contributed by atoms with Crippen molar-refractivity contribution < 1.29 is 9.48 Å². The quantitative estimate of drug-likeness (QED) is 0.131. The van der Waals surface area contributed by atoms with Crippen LogP contribution in [0.3, 0.4) is 0 Å². The number of unbranched alkanes of at least 4 members (excludes halogenated alkanes) is 7. The van der Waals surface area contributed by atoms with E-state index in [-0.39, 0.29) is 0 Å². The van der Waals surface area contributed by atoms with Gasteiger partial charge in [0.15, 0.2) is 0 Å². The fourth-order valence-corrected chi connectivity index (χ4v) is 3.63. The maximum absolute atomic E-state index is 6.96. The minimum Gasteiger partial charge on any atom is -0.200 e. The molecule has 0 N–H and O–H groups in total. The summed E-state index contributed by atoms with van der Waals surface area (Å²) in [6.07, 6.45) is 18.7. The van der Waals surface area contributed by atoms with Gasteiger partial charge in [0.1, 0.15) is 25.7 Å². The minimum absolute atomic E-state index is 0.474. The number of rotatable bonds is 19. The van der Waals surface area contributed by atoms with Gasteiger partial charge in [-0.25, -0.2) is 0 Å². The molecule has 0 heterocycles. The Morgan fingerprint density at radius 2 is 0.960 bits per heavy atom. The third kappa shape index (κ3) is 12.8. The Labute approximate surface area is 160 Å². The zero-order valence-electron chi connectivity index (χ0n) is 18.5. The van der Waals surface area contributed by atoms with Gasteiger partial charge in [-0.05, 0) is 32.1 Å². The molecule has 1 atom stereocenters. The van der Waals surface area contributed by atoms with Crippen molar-refractivity contribution in [2.75, 3.05) is 19.6 Å². The Bertz CT molecular complexity index is 245. The van der Waals surface area contributed by atoms with Crippen molar-refractivity contribution in [3.05, 3.63) is 0 Å². The van der Waals surface area contributed by atoms with Crippen LogP contribution in [-0.4, -0.2) is 30.4 Å². The highest BCUT2D eigenvalue weighted by molar-refractivity contribution is 4.58. The fourth-order valence-electron chi connectivity index (χ4n) is 3.63. The van der Waals surface area contributed by atoms with Gasteiger partial charge in [-0.3, -0.25) is 0 Å². The molecule has 0 aromatic rings. The summed E-state index contributed by atoms with van der Waals surface area (Å²) in [5, 5.41) is 0. The van der Waals surface area contributed by atoms with Gasteiger partial charge in [0.25, 0.3) is 0 Å². The van der Waals surface area contributed by atoms with E-state index in [2.05, 4.69) is 34.6 Å². The lowest BCUT2D eigenvalue weighted by Gasteiger charge is -2.39. The number of quaternary nitrogens is 1. The van der Waals surface area contributed by atoms with Crippen molar-refractivity contribution in [3.63, 3.8) is 0 Å². The smallest absolute Gasteiger partial charge is 0.117 e. The second-order valence-corrected chi connectivity index (χ2v) is 8.01. The van der Waals surface area contributed by atoms with Crippen LogP contribution in [0.5, 0.6) is 0 Å². The predicted molar refractivity (Wildman–Crippen MR) is 113 cm³/mol. The van der Waals surface area contributed by atoms with Gasteiger partial charge in [0, 0.05) is 0 Å². The molecule has 2 nitrogen and oxygen atoms in total. The monoisotopic (exact) mass is 356 g/mol. The molecule has 2 heteroatoms. The van der Waals surface area contributed by atoms with Crippen molar-refractivity contribution in [1.82, 2.24) is 0 Å². The summed E-state index contributed by atoms with van der Waals surface area (Å²) in [6, 6.07) is 0. The second kappa shape index (κ2) is 17.3. The summed E-state index contributed by atoms with van der Waals surface area (Å²) in [5.41, 5.74) is 0. The van der Waals surface area contributed by atoms with Crippen LogP contribution in [0.25, 0.3) is 0 Å². The molecule has 0 saturated carbocycles. The van der Waals surface area contributed by atoms with Crippen molar-refractivity contribution in [2.24, 2.45) is 0 Å². The van der Waals surface area contributed by atoms with Gasteiger partial charge in [-0.1, -0.05) is 92.4 Å². The molecule has 0 bridgehead atoms. The van der Waals surface area contributed by atoms with Gasteiger partial charge in [-0.2, -0.15) is 9.48 Å². The van der Waals surface area contributed by atoms with Crippen LogP contribution in [0.4, 0.5) is 0 Å². The van der Waals surface area contributed by atoms with Gasteiger partial charge >= 0.3 is 0 Å². The average Bonchev–Trinajstić information content (AvgIpc) is 2.64. The maximum atomic E-state index is 6.96. The third-order valence-electron chi connectivity index (χ3n) is 5.39. The molecular weight excluding hydrogens is 306 g/mol. The number of hydrogen-bond acceptors (Lipinski definition) is 1. The summed E-state index contributed by atoms with van der Waals surface area (Å²) in [6.45, 7) is 15.2. The summed E-state index contributed by atoms with van der Waals surface area (Å²) in [7, 11) is 0. The Hall–Kier alpha value is -0.0800. The summed E-state index contributed by atoms with van der Waals surface area (Å²) < 4.78 is 0.942. The number of nitrogens with zero attached hydrogens (tertiary/aromatic N) is 1. The molecule has 0 aromatic carbocycles. The van der Waals surface area contributed by atoms with Gasteiger partial charge < -0.3 is 0 Å². The first kappa shape index (κ1) is 24.9. The molecule has 0 aromatic heterocycles. The first-order valence-corrected chi connectivity index (χ1v) is 11.7. The zero-order valence-corrected chi connectivity index (χ0v) is 18.5. The Kier molecular flexibility index (Phi) is 17.3. The highest BCUT2D eigenvalue weighted by Crippen LogP contribution is 2.23. The second-order valence-electron chi connectivity index (χ2n) is 8.01. The van der Waals surface area contributed by atoms with Gasteiger partial charge in [-0.15, -0.1) is 0 Å². The van der Waals surface area contributed by atoms with E-state index in [1.165, 1.54) is 110 Å². The number of hydrogen-bond donors (Lipinski definition) is 0. The van der Waals surface area contributed by atoms with E-state index in [4.69, 9.17) is 4.84 Å². The zero-order chi connectivity index (χ0) is 18.8. The molecule has 0 fully saturated rings. The molecule has 0 radical (unpaired) electrons. The first-order valence-electron chi connectivity index (χ1n) is 11.7. The Morgan fingerprint density at radius 3 is 1.40 bits per heavy atom. The van der Waals surface area contributed by atoms with Crippen molar-refractivity contribution >= 4 is 0 Å². The van der Waals surface area contributed by atoms with E-state index in [1.807, 2.05) is 0 Å². The van der Waals surface area contributed by atoms with E-state index < -0.39 is 0 Å². The van der Waals surface area contributed by atoms with E-state index in [0.717, 1.165) is 4.65 Å². The van der Waals surface area contributed by atoms with E-state index in [1.54, 1.807) is 0 Å². The van der Waals surface area contributed by atoms with Crippen LogP contribution in [0.2, 0.25) is 0 Å². The van der Waals surface area contributed by atoms with Crippen LogP contribution in [0.15, 0.2) is 0 Å². The van der Waals surface area contributed by atoms with Gasteiger partial charge in [0.05, 0.1) is 0 Å². The molecule has 0 rings (SSSR count). The van der Waals surface area contributed by atoms with E-state index in [0.29, 0.717) is 6.10 Å². The standard InChI is InChI=1S/C23H50NO/c1-6-11-16-17-19-23(18-12-7-2)25-24(20-13-8-3,21-14-9-4)22-15-10-5/h23H,6-22H2,1-5H3/q+1. The molecule has 25 heavy (non-hydrogen) atoms. The SMILES string of the molecule is CCCCCCC(CCCC)O[N+](CCCC)(CCCC)CCCC. The molecule has 0 amide bonds. The summed E-state index contributed by atoms with van der Waals surface area (Å²) in [4.78, 5) is 6.96. The third-order valence-corrected chi connectivity index (χ3v) is 5.39. The van der Waals surface area contributed by atoms with Gasteiger partial charge in [0.2, 0.25) is 0 Å². The average molecular weight is 357 g/mol. The lowest BCUT2D eigenvalue weighted by molar-refractivity contribution is -1.11. The molecule has 0 aliphatic heterocycles. The lowest BCUT2D eigenvalue weighted by atomic mass is 10.0. The summed E-state index contributed by atoms with van der Waals surface area (Å²) in [5.74, 6) is 0. The Morgan fingerprint density at radius 1 is 0.520 bits per heavy atom. The van der Waals surface area contributed by atoms with Crippen molar-refractivity contribution in [2.45, 2.75) is 131 Å². The van der Waals surface area contributed by atoms with Crippen molar-refractivity contribution in [3.8, 4) is 0 Å². The largest absolute Gasteiger partial charge is 0.200 e. The topological polar surface area (TPSA) is 9.23 Å². The first-order chi connectivity index (χ1) is 12.2. The Balaban J connectivity index is 4.93. The molecule has 0 aliphatic carbocycles. The van der Waals surface area contributed by atoms with E-state index in [9.17, 15) is 0 Å². The van der Waals surface area contributed by atoms with Crippen LogP contribution < -0.4 is 0 Å². The van der Waals surface area contributed by atoms with E-state index >= 15 is 0 Å². The molecule has 0 saturated heterocycles. The molecule has 0 spiro atoms. The van der Waals surface area contributed by atoms with Crippen LogP contribution >= 0.6 is 0 Å². The predicted octanol–water partition coefficient (Wildman–Crippen LogP) is 7.66. The fraction of sp³-hybridized carbons (Fsp3) is 1.00. The normalized spacial score (nSPS) is 13.3. The van der Waals surface area contributed by atoms with Crippen molar-refractivity contribution in [1.29, 1.82) is 0 Å². The molecule has 0 aliphatic rings. The maximum Gasteiger partial charge on any atom is 0.117 e. The lowest BCUT2D eigenvalue weighted by Crippen LogP contribution is -2.52. The molecule has 1 unspecified atom stereocenters. The molecular formula is C23H50NO+. The van der Waals surface area contributed by atoms with Crippen LogP contribution in [0.1, 0.15) is 125 Å².